The van der Waals surface area contributed by atoms with Gasteiger partial charge in [0, 0.05) is 11.8 Å². The molecule has 0 saturated heterocycles. The van der Waals surface area contributed by atoms with Crippen molar-refractivity contribution < 1.29 is 9.47 Å². The first-order chi connectivity index (χ1) is 7.35. The summed E-state index contributed by atoms with van der Waals surface area (Å²) in [4.78, 5) is 5.13. The number of thiazole rings is 1. The molecule has 0 aliphatic carbocycles. The van der Waals surface area contributed by atoms with Crippen LogP contribution < -0.4 is 9.47 Å². The Bertz CT molecular complexity index is 440. The molecular weight excluding hydrogens is 210 g/mol. The molecular formula is C11H11NO2S. The Morgan fingerprint density at radius 2 is 2.07 bits per heavy atom. The van der Waals surface area contributed by atoms with Crippen LogP contribution in [0.1, 0.15) is 0 Å². The molecule has 0 N–H and O–H groups in total. The molecule has 0 aliphatic heterocycles. The van der Waals surface area contributed by atoms with Crippen LogP contribution in [0.2, 0.25) is 0 Å². The number of nitrogens with zero attached hydrogens (tertiary/aromatic N) is 1. The largest absolute Gasteiger partial charge is 0.497 e. The van der Waals surface area contributed by atoms with Gasteiger partial charge in [-0.3, -0.25) is 4.98 Å². The van der Waals surface area contributed by atoms with Crippen molar-refractivity contribution in [2.24, 2.45) is 0 Å². The van der Waals surface area contributed by atoms with Crippen molar-refractivity contribution in [3.05, 3.63) is 29.9 Å². The lowest BCUT2D eigenvalue weighted by molar-refractivity contribution is 0.404. The van der Waals surface area contributed by atoms with Gasteiger partial charge >= 0.3 is 0 Å². The highest BCUT2D eigenvalue weighted by molar-refractivity contribution is 7.13. The zero-order valence-corrected chi connectivity index (χ0v) is 9.38. The van der Waals surface area contributed by atoms with Crippen molar-refractivity contribution in [3.8, 4) is 21.9 Å². The van der Waals surface area contributed by atoms with Crippen LogP contribution in [0.4, 0.5) is 0 Å². The fourth-order valence-corrected chi connectivity index (χ4v) is 2.00. The lowest BCUT2D eigenvalue weighted by Gasteiger charge is -2.08. The molecule has 0 fully saturated rings. The number of benzene rings is 1. The second-order valence-corrected chi connectivity index (χ2v) is 3.82. The second-order valence-electron chi connectivity index (χ2n) is 2.93. The summed E-state index contributed by atoms with van der Waals surface area (Å²) >= 11 is 1.58. The molecule has 0 unspecified atom stereocenters. The summed E-state index contributed by atoms with van der Waals surface area (Å²) in [6.45, 7) is 0. The molecule has 0 radical (unpaired) electrons. The molecule has 0 bridgehead atoms. The van der Waals surface area contributed by atoms with E-state index in [2.05, 4.69) is 4.98 Å². The van der Waals surface area contributed by atoms with Gasteiger partial charge in [-0.25, -0.2) is 0 Å². The molecule has 78 valence electrons. The summed E-state index contributed by atoms with van der Waals surface area (Å²) in [7, 11) is 3.31. The first kappa shape index (κ1) is 9.98. The van der Waals surface area contributed by atoms with Gasteiger partial charge in [0.15, 0.2) is 0 Å². The van der Waals surface area contributed by atoms with E-state index in [0.717, 1.165) is 21.9 Å². The van der Waals surface area contributed by atoms with Gasteiger partial charge in [-0.2, -0.15) is 0 Å². The van der Waals surface area contributed by atoms with Crippen LogP contribution in [0, 0.1) is 0 Å². The van der Waals surface area contributed by atoms with Gasteiger partial charge in [0.1, 0.15) is 11.5 Å². The van der Waals surface area contributed by atoms with Crippen molar-refractivity contribution in [2.45, 2.75) is 0 Å². The van der Waals surface area contributed by atoms with E-state index in [4.69, 9.17) is 9.47 Å². The van der Waals surface area contributed by atoms with E-state index in [1.807, 2.05) is 24.4 Å². The van der Waals surface area contributed by atoms with Crippen molar-refractivity contribution >= 4 is 11.3 Å². The number of rotatable bonds is 3. The Kier molecular flexibility index (Phi) is 2.87. The highest BCUT2D eigenvalue weighted by Crippen LogP contribution is 2.35. The molecule has 0 saturated carbocycles. The Morgan fingerprint density at radius 1 is 1.20 bits per heavy atom. The molecule has 0 aliphatic rings. The third-order valence-corrected chi connectivity index (χ3v) is 2.91. The summed E-state index contributed by atoms with van der Waals surface area (Å²) in [5.74, 6) is 1.65. The average Bonchev–Trinajstić information content (AvgIpc) is 2.81. The second kappa shape index (κ2) is 4.31. The van der Waals surface area contributed by atoms with Gasteiger partial charge in [0.25, 0.3) is 0 Å². The topological polar surface area (TPSA) is 31.4 Å². The quantitative estimate of drug-likeness (QED) is 0.798. The SMILES string of the molecule is COc1ccc(OC)c(-c2cncs2)c1. The molecule has 2 rings (SSSR count). The van der Waals surface area contributed by atoms with Crippen molar-refractivity contribution in [1.29, 1.82) is 0 Å². The van der Waals surface area contributed by atoms with Crippen LogP contribution in [-0.4, -0.2) is 19.2 Å². The molecule has 2 aromatic rings. The van der Waals surface area contributed by atoms with Crippen LogP contribution in [-0.2, 0) is 0 Å². The monoisotopic (exact) mass is 221 g/mol. The maximum absolute atomic E-state index is 5.29. The molecule has 15 heavy (non-hydrogen) atoms. The van der Waals surface area contributed by atoms with E-state index >= 15 is 0 Å². The minimum absolute atomic E-state index is 0.819. The fourth-order valence-electron chi connectivity index (χ4n) is 1.36. The molecule has 4 heteroatoms. The number of hydrogen-bond acceptors (Lipinski definition) is 4. The average molecular weight is 221 g/mol. The highest BCUT2D eigenvalue weighted by Gasteiger charge is 2.08. The van der Waals surface area contributed by atoms with E-state index in [-0.39, 0.29) is 0 Å². The van der Waals surface area contributed by atoms with Gasteiger partial charge < -0.3 is 9.47 Å². The summed E-state index contributed by atoms with van der Waals surface area (Å²) in [6, 6.07) is 5.73. The van der Waals surface area contributed by atoms with E-state index in [0.29, 0.717) is 0 Å². The number of aromatic nitrogens is 1. The maximum Gasteiger partial charge on any atom is 0.127 e. The summed E-state index contributed by atoms with van der Waals surface area (Å²) in [6.07, 6.45) is 1.82. The van der Waals surface area contributed by atoms with Crippen LogP contribution in [0.5, 0.6) is 11.5 Å². The normalized spacial score (nSPS) is 10.0. The molecule has 1 aromatic carbocycles. The Hall–Kier alpha value is -1.55. The van der Waals surface area contributed by atoms with Crippen LogP contribution in [0.3, 0.4) is 0 Å². The minimum atomic E-state index is 0.819. The standard InChI is InChI=1S/C11H11NO2S/c1-13-8-3-4-10(14-2)9(5-8)11-6-12-7-15-11/h3-7H,1-2H3. The van der Waals surface area contributed by atoms with Crippen LogP contribution >= 0.6 is 11.3 Å². The van der Waals surface area contributed by atoms with Crippen LogP contribution in [0.15, 0.2) is 29.9 Å². The first-order valence-electron chi connectivity index (χ1n) is 4.46. The molecule has 3 nitrogen and oxygen atoms in total. The van der Waals surface area contributed by atoms with Gasteiger partial charge in [0.2, 0.25) is 0 Å². The highest BCUT2D eigenvalue weighted by atomic mass is 32.1. The zero-order valence-electron chi connectivity index (χ0n) is 8.56. The van der Waals surface area contributed by atoms with Crippen molar-refractivity contribution in [3.63, 3.8) is 0 Å². The summed E-state index contributed by atoms with van der Waals surface area (Å²) in [5, 5.41) is 0. The van der Waals surface area contributed by atoms with E-state index in [1.165, 1.54) is 0 Å². The number of ether oxygens (including phenoxy) is 2. The summed E-state index contributed by atoms with van der Waals surface area (Å²) in [5.41, 5.74) is 2.81. The molecule has 1 heterocycles. The number of hydrogen-bond donors (Lipinski definition) is 0. The maximum atomic E-state index is 5.29. The van der Waals surface area contributed by atoms with E-state index < -0.39 is 0 Å². The lowest BCUT2D eigenvalue weighted by Crippen LogP contribution is -1.88. The van der Waals surface area contributed by atoms with Crippen molar-refractivity contribution in [2.75, 3.05) is 14.2 Å². The van der Waals surface area contributed by atoms with Crippen LogP contribution in [0.25, 0.3) is 10.4 Å². The van der Waals surface area contributed by atoms with Gasteiger partial charge in [-0.15, -0.1) is 11.3 Å². The molecule has 1 aromatic heterocycles. The summed E-state index contributed by atoms with van der Waals surface area (Å²) < 4.78 is 10.5. The smallest absolute Gasteiger partial charge is 0.127 e. The molecule has 0 amide bonds. The Balaban J connectivity index is 2.52. The zero-order chi connectivity index (χ0) is 10.7. The fraction of sp³-hybridized carbons (Fsp3) is 0.182. The predicted molar refractivity (Wildman–Crippen MR) is 60.7 cm³/mol. The van der Waals surface area contributed by atoms with Gasteiger partial charge in [-0.05, 0) is 18.2 Å². The molecule has 0 atom stereocenters. The Labute approximate surface area is 92.3 Å². The van der Waals surface area contributed by atoms with Gasteiger partial charge in [0.05, 0.1) is 24.6 Å². The molecule has 0 spiro atoms. The third kappa shape index (κ3) is 1.94. The number of methoxy groups -OCH3 is 2. The van der Waals surface area contributed by atoms with E-state index in [1.54, 1.807) is 31.1 Å². The minimum Gasteiger partial charge on any atom is -0.497 e. The Morgan fingerprint density at radius 3 is 2.67 bits per heavy atom. The van der Waals surface area contributed by atoms with Crippen molar-refractivity contribution in [1.82, 2.24) is 4.98 Å². The lowest BCUT2D eigenvalue weighted by atomic mass is 10.1. The predicted octanol–water partition coefficient (Wildman–Crippen LogP) is 2.83. The van der Waals surface area contributed by atoms with Gasteiger partial charge in [-0.1, -0.05) is 0 Å². The third-order valence-electron chi connectivity index (χ3n) is 2.10. The van der Waals surface area contributed by atoms with E-state index in [9.17, 15) is 0 Å². The first-order valence-corrected chi connectivity index (χ1v) is 5.34.